The molecule has 0 radical (unpaired) electrons. The van der Waals surface area contributed by atoms with Gasteiger partial charge < -0.3 is 18.9 Å². The van der Waals surface area contributed by atoms with E-state index in [-0.39, 0.29) is 11.6 Å². The number of benzene rings is 1. The van der Waals surface area contributed by atoms with E-state index in [1.54, 1.807) is 13.2 Å². The van der Waals surface area contributed by atoms with Crippen LogP contribution in [-0.2, 0) is 22.1 Å². The van der Waals surface area contributed by atoms with Crippen LogP contribution in [0.25, 0.3) is 11.1 Å². The predicted molar refractivity (Wildman–Crippen MR) is 122 cm³/mol. The summed E-state index contributed by atoms with van der Waals surface area (Å²) in [7, 11) is 4.55. The average Bonchev–Trinajstić information content (AvgIpc) is 3.05. The SMILES string of the molecule is CCS(=O)N[C@H]1CCc2cc(OC)c(OC)c(OC)c2-c2ccc(C(=O)OC)c(=O)cc21. The van der Waals surface area contributed by atoms with E-state index in [2.05, 4.69) is 4.72 Å². The monoisotopic (exact) mass is 461 g/mol. The summed E-state index contributed by atoms with van der Waals surface area (Å²) in [6, 6.07) is 6.06. The Hall–Kier alpha value is -2.91. The van der Waals surface area contributed by atoms with E-state index in [4.69, 9.17) is 18.9 Å². The number of fused-ring (bicyclic) bond motifs is 3. The molecule has 0 aromatic heterocycles. The Balaban J connectivity index is 2.40. The molecule has 0 saturated heterocycles. The van der Waals surface area contributed by atoms with E-state index in [0.717, 1.165) is 11.1 Å². The first-order valence-electron chi connectivity index (χ1n) is 10.1. The Morgan fingerprint density at radius 1 is 1.09 bits per heavy atom. The second-order valence-electron chi connectivity index (χ2n) is 7.14. The van der Waals surface area contributed by atoms with Crippen LogP contribution in [0.2, 0.25) is 0 Å². The summed E-state index contributed by atoms with van der Waals surface area (Å²) >= 11 is 0. The molecule has 3 rings (SSSR count). The van der Waals surface area contributed by atoms with Crippen LogP contribution in [0.1, 0.15) is 40.9 Å². The van der Waals surface area contributed by atoms with Crippen molar-refractivity contribution in [1.29, 1.82) is 0 Å². The molecule has 32 heavy (non-hydrogen) atoms. The molecule has 1 aliphatic carbocycles. The number of hydrogen-bond donors (Lipinski definition) is 1. The first-order chi connectivity index (χ1) is 15.4. The van der Waals surface area contributed by atoms with Crippen LogP contribution < -0.4 is 24.4 Å². The molecule has 0 spiro atoms. The third kappa shape index (κ3) is 4.35. The number of hydrogen-bond acceptors (Lipinski definition) is 7. The van der Waals surface area contributed by atoms with Crippen LogP contribution in [0.15, 0.2) is 29.1 Å². The number of esters is 1. The number of carbonyl (C=O) groups is 1. The first kappa shape index (κ1) is 23.7. The maximum atomic E-state index is 12.9. The topological polar surface area (TPSA) is 100 Å². The summed E-state index contributed by atoms with van der Waals surface area (Å²) in [5.41, 5.74) is 2.39. The van der Waals surface area contributed by atoms with Gasteiger partial charge >= 0.3 is 5.97 Å². The highest BCUT2D eigenvalue weighted by molar-refractivity contribution is 7.82. The predicted octanol–water partition coefficient (Wildman–Crippen LogP) is 2.79. The summed E-state index contributed by atoms with van der Waals surface area (Å²) in [6.07, 6.45) is 1.18. The molecule has 0 saturated carbocycles. The summed E-state index contributed by atoms with van der Waals surface area (Å²) in [6.45, 7) is 1.81. The molecule has 0 fully saturated rings. The minimum Gasteiger partial charge on any atom is -0.493 e. The van der Waals surface area contributed by atoms with Crippen molar-refractivity contribution in [2.24, 2.45) is 0 Å². The molecule has 2 aromatic carbocycles. The van der Waals surface area contributed by atoms with Gasteiger partial charge in [-0.15, -0.1) is 0 Å². The Morgan fingerprint density at radius 2 is 1.81 bits per heavy atom. The standard InChI is InChI=1S/C23H27NO7S/c1-6-32(27)24-17-10-7-13-11-19(28-2)21(29-3)22(30-4)20(13)14-8-9-15(23(26)31-5)18(25)12-16(14)17/h8-9,11-12,17,24H,6-7,10H2,1-5H3/t17-,32?/m0/s1. The minimum absolute atomic E-state index is 0.0862. The normalized spacial score (nSPS) is 15.6. The molecule has 172 valence electrons. The number of ether oxygens (including phenoxy) is 4. The maximum Gasteiger partial charge on any atom is 0.341 e. The van der Waals surface area contributed by atoms with Gasteiger partial charge in [-0.05, 0) is 47.7 Å². The zero-order valence-corrected chi connectivity index (χ0v) is 19.6. The number of nitrogens with one attached hydrogen (secondary N) is 1. The Kier molecular flexibility index (Phi) is 7.52. The van der Waals surface area contributed by atoms with Gasteiger partial charge in [0.2, 0.25) is 5.75 Å². The lowest BCUT2D eigenvalue weighted by atomic mass is 9.95. The van der Waals surface area contributed by atoms with Gasteiger partial charge in [-0.2, -0.15) is 0 Å². The summed E-state index contributed by atoms with van der Waals surface area (Å²) in [5.74, 6) is 1.10. The van der Waals surface area contributed by atoms with Crippen LogP contribution in [0.3, 0.4) is 0 Å². The lowest BCUT2D eigenvalue weighted by Gasteiger charge is -2.19. The van der Waals surface area contributed by atoms with Gasteiger partial charge in [0.05, 0.1) is 39.4 Å². The first-order valence-corrected chi connectivity index (χ1v) is 11.4. The fraction of sp³-hybridized carbons (Fsp3) is 0.391. The van der Waals surface area contributed by atoms with Crippen molar-refractivity contribution in [2.45, 2.75) is 25.8 Å². The zero-order valence-electron chi connectivity index (χ0n) is 18.8. The molecule has 0 aliphatic heterocycles. The lowest BCUT2D eigenvalue weighted by Crippen LogP contribution is -2.25. The number of carbonyl (C=O) groups excluding carboxylic acids is 1. The van der Waals surface area contributed by atoms with Crippen molar-refractivity contribution in [2.75, 3.05) is 34.2 Å². The van der Waals surface area contributed by atoms with Gasteiger partial charge in [-0.3, -0.25) is 4.79 Å². The number of rotatable bonds is 7. The third-order valence-corrected chi connectivity index (χ3v) is 6.55. The Morgan fingerprint density at radius 3 is 2.41 bits per heavy atom. The molecule has 0 heterocycles. The molecule has 1 aliphatic rings. The number of aryl methyl sites for hydroxylation is 1. The maximum absolute atomic E-state index is 12.9. The van der Waals surface area contributed by atoms with Crippen LogP contribution >= 0.6 is 0 Å². The molecule has 9 heteroatoms. The van der Waals surface area contributed by atoms with Crippen molar-refractivity contribution < 1.29 is 28.0 Å². The van der Waals surface area contributed by atoms with Gasteiger partial charge in [0.15, 0.2) is 16.9 Å². The van der Waals surface area contributed by atoms with Gasteiger partial charge in [0.25, 0.3) is 0 Å². The fourth-order valence-electron chi connectivity index (χ4n) is 3.96. The quantitative estimate of drug-likeness (QED) is 0.633. The average molecular weight is 462 g/mol. The van der Waals surface area contributed by atoms with Gasteiger partial charge in [-0.25, -0.2) is 13.7 Å². The third-order valence-electron chi connectivity index (χ3n) is 5.48. The van der Waals surface area contributed by atoms with E-state index in [0.29, 0.717) is 47.0 Å². The van der Waals surface area contributed by atoms with Gasteiger partial charge in [0.1, 0.15) is 5.56 Å². The largest absolute Gasteiger partial charge is 0.493 e. The van der Waals surface area contributed by atoms with Crippen molar-refractivity contribution in [3.63, 3.8) is 0 Å². The van der Waals surface area contributed by atoms with Crippen LogP contribution in [0.4, 0.5) is 0 Å². The molecule has 0 bridgehead atoms. The Labute approximate surface area is 189 Å². The van der Waals surface area contributed by atoms with Gasteiger partial charge in [-0.1, -0.05) is 13.0 Å². The van der Waals surface area contributed by atoms with E-state index in [1.807, 2.05) is 13.0 Å². The van der Waals surface area contributed by atoms with Crippen LogP contribution in [0, 0.1) is 0 Å². The van der Waals surface area contributed by atoms with E-state index >= 15 is 0 Å². The van der Waals surface area contributed by atoms with Gasteiger partial charge in [0, 0.05) is 17.4 Å². The molecular formula is C23H27NO7S. The highest BCUT2D eigenvalue weighted by Crippen LogP contribution is 2.50. The minimum atomic E-state index is -1.29. The second-order valence-corrected chi connectivity index (χ2v) is 8.64. The van der Waals surface area contributed by atoms with E-state index in [1.165, 1.54) is 33.5 Å². The zero-order chi connectivity index (χ0) is 23.4. The molecule has 2 atom stereocenters. The van der Waals surface area contributed by atoms with E-state index < -0.39 is 22.4 Å². The number of methoxy groups -OCH3 is 4. The molecular weight excluding hydrogens is 434 g/mol. The highest BCUT2D eigenvalue weighted by atomic mass is 32.2. The molecule has 1 N–H and O–H groups in total. The molecule has 1 unspecified atom stereocenters. The van der Waals surface area contributed by atoms with E-state index in [9.17, 15) is 13.8 Å². The van der Waals surface area contributed by atoms with Crippen LogP contribution in [-0.4, -0.2) is 44.4 Å². The highest BCUT2D eigenvalue weighted by Gasteiger charge is 2.30. The Bertz CT molecular complexity index is 1120. The van der Waals surface area contributed by atoms with Crippen molar-refractivity contribution in [1.82, 2.24) is 4.72 Å². The summed E-state index contributed by atoms with van der Waals surface area (Å²) < 4.78 is 37.1. The lowest BCUT2D eigenvalue weighted by molar-refractivity contribution is 0.0599. The summed E-state index contributed by atoms with van der Waals surface area (Å²) in [4.78, 5) is 25.1. The smallest absolute Gasteiger partial charge is 0.341 e. The molecule has 8 nitrogen and oxygen atoms in total. The van der Waals surface area contributed by atoms with Crippen molar-refractivity contribution >= 4 is 17.0 Å². The summed E-state index contributed by atoms with van der Waals surface area (Å²) in [5, 5.41) is 0. The van der Waals surface area contributed by atoms with Crippen molar-refractivity contribution in [3.8, 4) is 28.4 Å². The van der Waals surface area contributed by atoms with Crippen molar-refractivity contribution in [3.05, 3.63) is 51.2 Å². The molecule has 0 amide bonds. The fourth-order valence-corrected chi connectivity index (χ4v) is 4.68. The molecule has 2 aromatic rings. The second kappa shape index (κ2) is 10.1. The van der Waals surface area contributed by atoms with Crippen LogP contribution in [0.5, 0.6) is 17.2 Å².